The van der Waals surface area contributed by atoms with Crippen molar-refractivity contribution in [2.45, 2.75) is 46.6 Å². The third-order valence-electron chi connectivity index (χ3n) is 2.71. The fraction of sp³-hybridized carbons (Fsp3) is 1.00. The zero-order valence-electron chi connectivity index (χ0n) is 9.39. The SMILES string of the molecule is CC1(C)COC(CN)CC(C)(C)C1. The van der Waals surface area contributed by atoms with Gasteiger partial charge in [-0.25, -0.2) is 0 Å². The second kappa shape index (κ2) is 3.58. The van der Waals surface area contributed by atoms with E-state index in [1.54, 1.807) is 0 Å². The summed E-state index contributed by atoms with van der Waals surface area (Å²) in [4.78, 5) is 0. The molecule has 0 spiro atoms. The van der Waals surface area contributed by atoms with E-state index in [1.807, 2.05) is 0 Å². The van der Waals surface area contributed by atoms with Crippen LogP contribution in [0.1, 0.15) is 40.5 Å². The summed E-state index contributed by atoms with van der Waals surface area (Å²) < 4.78 is 5.78. The molecule has 1 atom stereocenters. The topological polar surface area (TPSA) is 35.2 Å². The fourth-order valence-corrected chi connectivity index (χ4v) is 2.59. The molecule has 13 heavy (non-hydrogen) atoms. The molecule has 1 rings (SSSR count). The van der Waals surface area contributed by atoms with Crippen molar-refractivity contribution in [3.63, 3.8) is 0 Å². The summed E-state index contributed by atoms with van der Waals surface area (Å²) in [6.07, 6.45) is 2.57. The van der Waals surface area contributed by atoms with Gasteiger partial charge >= 0.3 is 0 Å². The second-order valence-corrected chi connectivity index (χ2v) is 5.88. The molecular formula is C11H23NO. The van der Waals surface area contributed by atoms with E-state index < -0.39 is 0 Å². The van der Waals surface area contributed by atoms with Gasteiger partial charge in [0.1, 0.15) is 0 Å². The van der Waals surface area contributed by atoms with Crippen LogP contribution < -0.4 is 5.73 Å². The minimum absolute atomic E-state index is 0.261. The van der Waals surface area contributed by atoms with Crippen molar-refractivity contribution in [3.05, 3.63) is 0 Å². The Bertz CT molecular complexity index is 175. The quantitative estimate of drug-likeness (QED) is 0.679. The first kappa shape index (κ1) is 11.0. The lowest BCUT2D eigenvalue weighted by Gasteiger charge is -2.30. The van der Waals surface area contributed by atoms with Gasteiger partial charge in [0.05, 0.1) is 12.7 Å². The summed E-state index contributed by atoms with van der Waals surface area (Å²) in [7, 11) is 0. The van der Waals surface area contributed by atoms with E-state index in [2.05, 4.69) is 27.7 Å². The molecule has 1 aliphatic heterocycles. The molecule has 1 fully saturated rings. The predicted octanol–water partition coefficient (Wildman–Crippen LogP) is 2.18. The molecular weight excluding hydrogens is 162 g/mol. The van der Waals surface area contributed by atoms with E-state index in [0.717, 1.165) is 13.0 Å². The van der Waals surface area contributed by atoms with Gasteiger partial charge in [0.2, 0.25) is 0 Å². The van der Waals surface area contributed by atoms with E-state index in [9.17, 15) is 0 Å². The second-order valence-electron chi connectivity index (χ2n) is 5.88. The Kier molecular flexibility index (Phi) is 3.03. The van der Waals surface area contributed by atoms with Crippen LogP contribution in [0.4, 0.5) is 0 Å². The molecule has 0 radical (unpaired) electrons. The monoisotopic (exact) mass is 185 g/mol. The average Bonchev–Trinajstić information content (AvgIpc) is 2.04. The first-order valence-electron chi connectivity index (χ1n) is 5.16. The Morgan fingerprint density at radius 3 is 2.38 bits per heavy atom. The maximum absolute atomic E-state index is 5.78. The zero-order chi connectivity index (χ0) is 10.1. The van der Waals surface area contributed by atoms with Crippen molar-refractivity contribution >= 4 is 0 Å². The van der Waals surface area contributed by atoms with E-state index >= 15 is 0 Å². The van der Waals surface area contributed by atoms with Crippen LogP contribution in [0.25, 0.3) is 0 Å². The Labute approximate surface area is 81.8 Å². The summed E-state index contributed by atoms with van der Waals surface area (Å²) in [5.74, 6) is 0. The van der Waals surface area contributed by atoms with Crippen LogP contribution in [-0.4, -0.2) is 19.3 Å². The van der Waals surface area contributed by atoms with E-state index in [0.29, 0.717) is 17.4 Å². The minimum atomic E-state index is 0.261. The summed E-state index contributed by atoms with van der Waals surface area (Å²) in [5, 5.41) is 0. The Morgan fingerprint density at radius 2 is 1.85 bits per heavy atom. The average molecular weight is 185 g/mol. The van der Waals surface area contributed by atoms with E-state index in [1.165, 1.54) is 6.42 Å². The van der Waals surface area contributed by atoms with Gasteiger partial charge in [0.25, 0.3) is 0 Å². The molecule has 0 bridgehead atoms. The Hall–Kier alpha value is -0.0800. The number of rotatable bonds is 1. The van der Waals surface area contributed by atoms with Crippen LogP contribution in [-0.2, 0) is 4.74 Å². The summed E-state index contributed by atoms with van der Waals surface area (Å²) >= 11 is 0. The molecule has 2 nitrogen and oxygen atoms in total. The van der Waals surface area contributed by atoms with Crippen LogP contribution in [0.3, 0.4) is 0 Å². The molecule has 2 N–H and O–H groups in total. The van der Waals surface area contributed by atoms with Crippen molar-refractivity contribution in [1.82, 2.24) is 0 Å². The molecule has 0 saturated carbocycles. The van der Waals surface area contributed by atoms with Gasteiger partial charge in [-0.1, -0.05) is 27.7 Å². The lowest BCUT2D eigenvalue weighted by Crippen LogP contribution is -2.27. The molecule has 1 saturated heterocycles. The smallest absolute Gasteiger partial charge is 0.0702 e. The van der Waals surface area contributed by atoms with Gasteiger partial charge in [-0.3, -0.25) is 0 Å². The van der Waals surface area contributed by atoms with Crippen molar-refractivity contribution < 1.29 is 4.74 Å². The minimum Gasteiger partial charge on any atom is -0.376 e. The standard InChI is InChI=1S/C11H23NO/c1-10(2)5-9(6-12)13-8-11(3,4)7-10/h9H,5-8,12H2,1-4H3. The van der Waals surface area contributed by atoms with Crippen LogP contribution >= 0.6 is 0 Å². The van der Waals surface area contributed by atoms with Crippen LogP contribution in [0.2, 0.25) is 0 Å². The van der Waals surface area contributed by atoms with Crippen LogP contribution in [0.5, 0.6) is 0 Å². The highest BCUT2D eigenvalue weighted by atomic mass is 16.5. The third-order valence-corrected chi connectivity index (χ3v) is 2.71. The molecule has 1 heterocycles. The lowest BCUT2D eigenvalue weighted by atomic mass is 9.74. The number of hydrogen-bond donors (Lipinski definition) is 1. The molecule has 1 aliphatic rings. The van der Waals surface area contributed by atoms with Gasteiger partial charge in [0, 0.05) is 6.54 Å². The molecule has 78 valence electrons. The summed E-state index contributed by atoms with van der Waals surface area (Å²) in [6.45, 7) is 10.7. The molecule has 2 heteroatoms. The number of ether oxygens (including phenoxy) is 1. The highest BCUT2D eigenvalue weighted by Gasteiger charge is 2.35. The molecule has 0 aromatic carbocycles. The molecule has 0 amide bonds. The highest BCUT2D eigenvalue weighted by Crippen LogP contribution is 2.40. The van der Waals surface area contributed by atoms with E-state index in [-0.39, 0.29) is 6.10 Å². The number of nitrogens with two attached hydrogens (primary N) is 1. The van der Waals surface area contributed by atoms with Crippen LogP contribution in [0.15, 0.2) is 0 Å². The first-order chi connectivity index (χ1) is 5.85. The van der Waals surface area contributed by atoms with Crippen molar-refractivity contribution in [2.75, 3.05) is 13.2 Å². The maximum atomic E-state index is 5.78. The van der Waals surface area contributed by atoms with Crippen molar-refractivity contribution in [3.8, 4) is 0 Å². The van der Waals surface area contributed by atoms with E-state index in [4.69, 9.17) is 10.5 Å². The summed E-state index contributed by atoms with van der Waals surface area (Å²) in [6, 6.07) is 0. The van der Waals surface area contributed by atoms with Gasteiger partial charge < -0.3 is 10.5 Å². The van der Waals surface area contributed by atoms with Crippen molar-refractivity contribution in [2.24, 2.45) is 16.6 Å². The molecule has 0 aliphatic carbocycles. The number of hydrogen-bond acceptors (Lipinski definition) is 2. The fourth-order valence-electron chi connectivity index (χ4n) is 2.59. The Balaban J connectivity index is 2.69. The van der Waals surface area contributed by atoms with Gasteiger partial charge in [-0.05, 0) is 23.7 Å². The molecule has 0 aromatic heterocycles. The molecule has 0 aromatic rings. The van der Waals surface area contributed by atoms with Gasteiger partial charge in [-0.15, -0.1) is 0 Å². The zero-order valence-corrected chi connectivity index (χ0v) is 9.39. The first-order valence-corrected chi connectivity index (χ1v) is 5.16. The normalized spacial score (nSPS) is 32.5. The summed E-state index contributed by atoms with van der Waals surface area (Å²) in [5.41, 5.74) is 6.32. The van der Waals surface area contributed by atoms with Gasteiger partial charge in [0.15, 0.2) is 0 Å². The third kappa shape index (κ3) is 3.28. The lowest BCUT2D eigenvalue weighted by molar-refractivity contribution is 0.0219. The largest absolute Gasteiger partial charge is 0.376 e. The Morgan fingerprint density at radius 1 is 1.23 bits per heavy atom. The van der Waals surface area contributed by atoms with Crippen LogP contribution in [0, 0.1) is 10.8 Å². The van der Waals surface area contributed by atoms with Crippen molar-refractivity contribution in [1.29, 1.82) is 0 Å². The van der Waals surface area contributed by atoms with Gasteiger partial charge in [-0.2, -0.15) is 0 Å². The highest BCUT2D eigenvalue weighted by molar-refractivity contribution is 4.85. The molecule has 1 unspecified atom stereocenters. The predicted molar refractivity (Wildman–Crippen MR) is 55.6 cm³/mol. The maximum Gasteiger partial charge on any atom is 0.0702 e.